The Morgan fingerprint density at radius 2 is 2.11 bits per heavy atom. The van der Waals surface area contributed by atoms with Gasteiger partial charge in [-0.15, -0.1) is 3.89 Å². The zero-order valence-corrected chi connectivity index (χ0v) is 9.95. The Labute approximate surface area is 102 Å². The lowest BCUT2D eigenvalue weighted by Gasteiger charge is -2.08. The highest BCUT2D eigenvalue weighted by atomic mass is 32.3. The van der Waals surface area contributed by atoms with Gasteiger partial charge >= 0.3 is 16.2 Å². The number of hydrogen-bond acceptors (Lipinski definition) is 5. The number of fused-ring (bicyclic) bond motifs is 1. The van der Waals surface area contributed by atoms with Crippen LogP contribution >= 0.6 is 0 Å². The maximum absolute atomic E-state index is 12.8. The molecule has 8 heteroatoms. The highest BCUT2D eigenvalue weighted by Gasteiger charge is 2.35. The van der Waals surface area contributed by atoms with E-state index in [9.17, 15) is 21.9 Å². The van der Waals surface area contributed by atoms with Gasteiger partial charge in [-0.1, -0.05) is 6.07 Å². The van der Waals surface area contributed by atoms with Crippen molar-refractivity contribution in [1.29, 1.82) is 0 Å². The summed E-state index contributed by atoms with van der Waals surface area (Å²) >= 11 is 0. The Balaban J connectivity index is 2.53. The van der Waals surface area contributed by atoms with Crippen LogP contribution in [0.5, 0.6) is 0 Å². The van der Waals surface area contributed by atoms with Crippen LogP contribution < -0.4 is 5.32 Å². The zero-order valence-electron chi connectivity index (χ0n) is 9.14. The first kappa shape index (κ1) is 12.5. The van der Waals surface area contributed by atoms with Gasteiger partial charge in [0.2, 0.25) is 0 Å². The summed E-state index contributed by atoms with van der Waals surface area (Å²) in [5, 5.41) is 2.32. The van der Waals surface area contributed by atoms with Crippen LogP contribution in [0.1, 0.15) is 22.0 Å². The molecule has 1 heterocycles. The fraction of sp³-hybridized carbons (Fsp3) is 0.200. The normalized spacial score (nSPS) is 18.1. The molecule has 18 heavy (non-hydrogen) atoms. The van der Waals surface area contributed by atoms with Crippen molar-refractivity contribution in [2.75, 3.05) is 7.11 Å². The first-order valence-electron chi connectivity index (χ1n) is 4.82. The standard InChI is InChI=1S/C10H8FNO5S/c1-17-10(14)8-6-3-2-5(18(11,15)16)4-7(6)9(13)12-8/h2-4,8H,1H3,(H,12,13). The molecule has 0 saturated carbocycles. The lowest BCUT2D eigenvalue weighted by molar-refractivity contribution is -0.142. The summed E-state index contributed by atoms with van der Waals surface area (Å²) in [4.78, 5) is 22.3. The van der Waals surface area contributed by atoms with Gasteiger partial charge in [-0.2, -0.15) is 8.42 Å². The summed E-state index contributed by atoms with van der Waals surface area (Å²) in [6.45, 7) is 0. The van der Waals surface area contributed by atoms with Gasteiger partial charge < -0.3 is 10.1 Å². The average Bonchev–Trinajstić information content (AvgIpc) is 2.64. The number of esters is 1. The number of rotatable bonds is 2. The SMILES string of the molecule is COC(=O)C1NC(=O)c2cc(S(=O)(=O)F)ccc21. The van der Waals surface area contributed by atoms with Crippen molar-refractivity contribution < 1.29 is 26.6 Å². The minimum atomic E-state index is -4.89. The molecule has 1 unspecified atom stereocenters. The second-order valence-corrected chi connectivity index (χ2v) is 4.96. The summed E-state index contributed by atoms with van der Waals surface area (Å²) in [6, 6.07) is 2.10. The Morgan fingerprint density at radius 1 is 1.44 bits per heavy atom. The Morgan fingerprint density at radius 3 is 2.67 bits per heavy atom. The molecule has 1 N–H and O–H groups in total. The minimum absolute atomic E-state index is 0.0517. The third-order valence-corrected chi connectivity index (χ3v) is 3.39. The van der Waals surface area contributed by atoms with Crippen molar-refractivity contribution >= 4 is 22.1 Å². The van der Waals surface area contributed by atoms with E-state index in [0.717, 1.165) is 19.2 Å². The summed E-state index contributed by atoms with van der Waals surface area (Å²) in [5.74, 6) is -1.33. The second kappa shape index (κ2) is 4.05. The molecule has 6 nitrogen and oxygen atoms in total. The van der Waals surface area contributed by atoms with E-state index >= 15 is 0 Å². The molecule has 0 aliphatic carbocycles. The van der Waals surface area contributed by atoms with Crippen LogP contribution in [0.4, 0.5) is 3.89 Å². The molecular formula is C10H8FNO5S. The van der Waals surface area contributed by atoms with Gasteiger partial charge in [0, 0.05) is 5.56 Å². The van der Waals surface area contributed by atoms with E-state index in [1.807, 2.05) is 0 Å². The number of methoxy groups -OCH3 is 1. The number of carbonyl (C=O) groups is 2. The van der Waals surface area contributed by atoms with Crippen LogP contribution in [0, 0.1) is 0 Å². The van der Waals surface area contributed by atoms with Crippen molar-refractivity contribution in [3.05, 3.63) is 29.3 Å². The number of hydrogen-bond donors (Lipinski definition) is 1. The molecule has 0 fully saturated rings. The van der Waals surface area contributed by atoms with Gasteiger partial charge in [0.05, 0.1) is 12.0 Å². The van der Waals surface area contributed by atoms with Crippen molar-refractivity contribution in [3.63, 3.8) is 0 Å². The number of nitrogens with one attached hydrogen (secondary N) is 1. The van der Waals surface area contributed by atoms with Gasteiger partial charge in [-0.05, 0) is 17.7 Å². The Kier molecular flexibility index (Phi) is 2.81. The molecule has 1 aromatic rings. The van der Waals surface area contributed by atoms with Gasteiger partial charge in [0.1, 0.15) is 0 Å². The van der Waals surface area contributed by atoms with Crippen LogP contribution in [0.2, 0.25) is 0 Å². The van der Waals surface area contributed by atoms with Crippen LogP contribution in [0.25, 0.3) is 0 Å². The monoisotopic (exact) mass is 273 g/mol. The fourth-order valence-electron chi connectivity index (χ4n) is 1.73. The molecule has 0 aromatic heterocycles. The van der Waals surface area contributed by atoms with E-state index in [2.05, 4.69) is 10.1 Å². The van der Waals surface area contributed by atoms with E-state index in [0.29, 0.717) is 0 Å². The van der Waals surface area contributed by atoms with E-state index in [1.54, 1.807) is 0 Å². The maximum atomic E-state index is 12.8. The molecule has 1 amide bonds. The van der Waals surface area contributed by atoms with Crippen LogP contribution in [0.15, 0.2) is 23.1 Å². The van der Waals surface area contributed by atoms with E-state index < -0.39 is 33.0 Å². The first-order chi connectivity index (χ1) is 8.34. The Bertz CT molecular complexity index is 640. The highest BCUT2D eigenvalue weighted by molar-refractivity contribution is 7.86. The van der Waals surface area contributed by atoms with E-state index in [1.165, 1.54) is 6.07 Å². The summed E-state index contributed by atoms with van der Waals surface area (Å²) in [6.07, 6.45) is 0. The third-order valence-electron chi connectivity index (χ3n) is 2.57. The van der Waals surface area contributed by atoms with E-state index in [4.69, 9.17) is 0 Å². The molecule has 1 aromatic carbocycles. The van der Waals surface area contributed by atoms with Gasteiger partial charge in [0.15, 0.2) is 6.04 Å². The number of amides is 1. The topological polar surface area (TPSA) is 89.5 Å². The molecular weight excluding hydrogens is 265 g/mol. The van der Waals surface area contributed by atoms with Gasteiger partial charge in [-0.25, -0.2) is 4.79 Å². The fourth-order valence-corrected chi connectivity index (χ4v) is 2.21. The summed E-state index contributed by atoms with van der Waals surface area (Å²) < 4.78 is 38.7. The summed E-state index contributed by atoms with van der Waals surface area (Å²) in [7, 11) is -3.73. The van der Waals surface area contributed by atoms with Crippen LogP contribution in [-0.2, 0) is 19.8 Å². The number of carbonyl (C=O) groups excluding carboxylic acids is 2. The van der Waals surface area contributed by atoms with Crippen LogP contribution in [0.3, 0.4) is 0 Å². The molecule has 0 saturated heterocycles. The average molecular weight is 273 g/mol. The molecule has 0 radical (unpaired) electrons. The molecule has 0 spiro atoms. The van der Waals surface area contributed by atoms with Crippen LogP contribution in [-0.4, -0.2) is 27.4 Å². The smallest absolute Gasteiger partial charge is 0.333 e. The van der Waals surface area contributed by atoms with Gasteiger partial charge in [0.25, 0.3) is 5.91 Å². The largest absolute Gasteiger partial charge is 0.467 e. The first-order valence-corrected chi connectivity index (χ1v) is 6.20. The molecule has 0 bridgehead atoms. The number of benzene rings is 1. The predicted molar refractivity (Wildman–Crippen MR) is 57.0 cm³/mol. The van der Waals surface area contributed by atoms with Gasteiger partial charge in [-0.3, -0.25) is 4.79 Å². The molecule has 2 rings (SSSR count). The molecule has 1 aliphatic rings. The third kappa shape index (κ3) is 1.94. The zero-order chi connectivity index (χ0) is 13.5. The number of ether oxygens (including phenoxy) is 1. The van der Waals surface area contributed by atoms with Crippen molar-refractivity contribution in [1.82, 2.24) is 5.32 Å². The van der Waals surface area contributed by atoms with Crippen molar-refractivity contribution in [2.45, 2.75) is 10.9 Å². The second-order valence-electron chi connectivity index (χ2n) is 3.62. The molecule has 1 atom stereocenters. The van der Waals surface area contributed by atoms with Crippen molar-refractivity contribution in [2.24, 2.45) is 0 Å². The number of halogens is 1. The highest BCUT2D eigenvalue weighted by Crippen LogP contribution is 2.28. The minimum Gasteiger partial charge on any atom is -0.467 e. The quantitative estimate of drug-likeness (QED) is 0.618. The Hall–Kier alpha value is -1.96. The molecule has 1 aliphatic heterocycles. The lowest BCUT2D eigenvalue weighted by Crippen LogP contribution is -2.26. The lowest BCUT2D eigenvalue weighted by atomic mass is 10.1. The maximum Gasteiger partial charge on any atom is 0.333 e. The van der Waals surface area contributed by atoms with Crippen molar-refractivity contribution in [3.8, 4) is 0 Å². The predicted octanol–water partition coefficient (Wildman–Crippen LogP) is 0.302. The molecule has 96 valence electrons. The summed E-state index contributed by atoms with van der Waals surface area (Å²) in [5.41, 5.74) is 0.211. The van der Waals surface area contributed by atoms with E-state index in [-0.39, 0.29) is 11.1 Å².